The number of aliphatic hydroxyl groups is 1. The van der Waals surface area contributed by atoms with Crippen LogP contribution in [0, 0.1) is 17.3 Å². The molecule has 1 N–H and O–H groups in total. The topological polar surface area (TPSA) is 101 Å². The lowest BCUT2D eigenvalue weighted by Gasteiger charge is -2.43. The molecule has 0 bridgehead atoms. The highest BCUT2D eigenvalue weighted by atomic mass is 35.5. The van der Waals surface area contributed by atoms with Gasteiger partial charge in [0.15, 0.2) is 0 Å². The molecule has 2 aliphatic carbocycles. The van der Waals surface area contributed by atoms with E-state index in [0.717, 1.165) is 29.5 Å². The average molecular weight is 592 g/mol. The van der Waals surface area contributed by atoms with E-state index in [1.54, 1.807) is 12.1 Å². The third-order valence-corrected chi connectivity index (χ3v) is 10.1. The summed E-state index contributed by atoms with van der Waals surface area (Å²) in [7, 11) is 1.41. The van der Waals surface area contributed by atoms with Crippen LogP contribution in [-0.4, -0.2) is 67.5 Å². The Labute approximate surface area is 242 Å². The monoisotopic (exact) mass is 591 g/mol. The summed E-state index contributed by atoms with van der Waals surface area (Å²) in [6.45, 7) is 3.07. The van der Waals surface area contributed by atoms with E-state index in [-0.39, 0.29) is 47.1 Å². The number of hydrogen-bond acceptors (Lipinski definition) is 6. The van der Waals surface area contributed by atoms with Crippen molar-refractivity contribution in [3.63, 3.8) is 0 Å². The number of fused-ring (bicyclic) bond motifs is 1. The van der Waals surface area contributed by atoms with Crippen molar-refractivity contribution in [1.82, 2.24) is 24.8 Å². The van der Waals surface area contributed by atoms with E-state index in [1.165, 1.54) is 7.05 Å². The normalized spacial score (nSPS) is 27.0. The van der Waals surface area contributed by atoms with Gasteiger partial charge in [0.25, 0.3) is 6.43 Å². The molecule has 1 spiro atoms. The quantitative estimate of drug-likeness (QED) is 0.517. The molecule has 2 aromatic rings. The van der Waals surface area contributed by atoms with Crippen LogP contribution in [0.1, 0.15) is 80.4 Å². The maximum absolute atomic E-state index is 14.2. The molecule has 0 radical (unpaired) electrons. The fourth-order valence-electron chi connectivity index (χ4n) is 7.05. The molecule has 1 aromatic carbocycles. The molecule has 4 aliphatic rings. The third-order valence-electron chi connectivity index (χ3n) is 9.70. The molecule has 3 fully saturated rings. The van der Waals surface area contributed by atoms with Crippen molar-refractivity contribution in [1.29, 1.82) is 0 Å². The lowest BCUT2D eigenvalue weighted by Crippen LogP contribution is -2.50. The summed E-state index contributed by atoms with van der Waals surface area (Å²) < 4.78 is 34.5. The molecule has 222 valence electrons. The molecule has 41 heavy (non-hydrogen) atoms. The predicted molar refractivity (Wildman–Crippen MR) is 145 cm³/mol. The predicted octanol–water partition coefficient (Wildman–Crippen LogP) is 4.22. The Bertz CT molecular complexity index is 1350. The van der Waals surface area contributed by atoms with E-state index in [9.17, 15) is 23.5 Å². The molecule has 6 rings (SSSR count). The zero-order chi connectivity index (χ0) is 29.1. The van der Waals surface area contributed by atoms with Gasteiger partial charge in [-0.3, -0.25) is 9.59 Å². The highest BCUT2D eigenvalue weighted by Gasteiger charge is 2.52. The Hall–Kier alpha value is -2.79. The minimum atomic E-state index is -2.77. The molecule has 3 heterocycles. The number of aromatic nitrogens is 3. The summed E-state index contributed by atoms with van der Waals surface area (Å²) in [5.74, 6) is -0.0551. The van der Waals surface area contributed by atoms with Crippen LogP contribution in [0.15, 0.2) is 12.1 Å². The number of carbonyl (C=O) groups is 2. The Balaban J connectivity index is 1.36. The maximum atomic E-state index is 14.2. The molecular formula is C29H36ClF2N5O4. The first kappa shape index (κ1) is 28.3. The highest BCUT2D eigenvalue weighted by Crippen LogP contribution is 2.54. The molecular weight excluding hydrogens is 556 g/mol. The Morgan fingerprint density at radius 2 is 2.07 bits per heavy atom. The molecule has 2 aliphatic heterocycles. The first-order valence-corrected chi connectivity index (χ1v) is 14.8. The van der Waals surface area contributed by atoms with Gasteiger partial charge < -0.3 is 19.6 Å². The lowest BCUT2D eigenvalue weighted by molar-refractivity contribution is -0.145. The van der Waals surface area contributed by atoms with Gasteiger partial charge >= 0.3 is 0 Å². The second-order valence-corrected chi connectivity index (χ2v) is 12.7. The van der Waals surface area contributed by atoms with Gasteiger partial charge in [-0.1, -0.05) is 30.2 Å². The fraction of sp³-hybridized carbons (Fsp3) is 0.655. The SMILES string of the molecule is C[C@H]1[C@H](O)CCC[C@H]1C(=O)N1CCc2c(Cl)ccc(OCc3nnn(C)c3C(F)F)c2[C@H]1CN1CC2(CC2)CC1=O. The molecule has 2 saturated carbocycles. The number of alkyl halides is 2. The van der Waals surface area contributed by atoms with Gasteiger partial charge in [0.2, 0.25) is 11.8 Å². The second-order valence-electron chi connectivity index (χ2n) is 12.3. The van der Waals surface area contributed by atoms with E-state index in [4.69, 9.17) is 16.3 Å². The number of likely N-dealkylation sites (tertiary alicyclic amines) is 1. The van der Waals surface area contributed by atoms with Gasteiger partial charge in [0, 0.05) is 49.6 Å². The van der Waals surface area contributed by atoms with Gasteiger partial charge in [0.1, 0.15) is 23.7 Å². The summed E-state index contributed by atoms with van der Waals surface area (Å²) in [6.07, 6.45) is 1.91. The number of hydrogen-bond donors (Lipinski definition) is 1. The van der Waals surface area contributed by atoms with Crippen LogP contribution in [0.2, 0.25) is 5.02 Å². The van der Waals surface area contributed by atoms with Gasteiger partial charge in [0.05, 0.1) is 12.1 Å². The van der Waals surface area contributed by atoms with Crippen molar-refractivity contribution >= 4 is 23.4 Å². The van der Waals surface area contributed by atoms with Crippen molar-refractivity contribution in [3.8, 4) is 5.75 Å². The largest absolute Gasteiger partial charge is 0.487 e. The van der Waals surface area contributed by atoms with Crippen molar-refractivity contribution in [2.45, 2.75) is 77.0 Å². The summed E-state index contributed by atoms with van der Waals surface area (Å²) in [6, 6.07) is 2.89. The lowest BCUT2D eigenvalue weighted by atomic mass is 9.77. The third kappa shape index (κ3) is 5.20. The zero-order valence-electron chi connectivity index (χ0n) is 23.4. The minimum absolute atomic E-state index is 0.0295. The van der Waals surface area contributed by atoms with Crippen molar-refractivity contribution in [2.24, 2.45) is 24.3 Å². The van der Waals surface area contributed by atoms with Crippen LogP contribution in [0.4, 0.5) is 8.78 Å². The molecule has 4 atom stereocenters. The summed E-state index contributed by atoms with van der Waals surface area (Å²) in [5.41, 5.74) is 1.30. The summed E-state index contributed by atoms with van der Waals surface area (Å²) in [4.78, 5) is 30.9. The smallest absolute Gasteiger partial charge is 0.282 e. The van der Waals surface area contributed by atoms with Crippen molar-refractivity contribution in [2.75, 3.05) is 19.6 Å². The molecule has 9 nitrogen and oxygen atoms in total. The Morgan fingerprint density at radius 3 is 2.78 bits per heavy atom. The number of carbonyl (C=O) groups excluding carboxylic acids is 2. The number of aliphatic hydroxyl groups excluding tert-OH is 1. The van der Waals surface area contributed by atoms with E-state index >= 15 is 0 Å². The first-order chi connectivity index (χ1) is 19.6. The van der Waals surface area contributed by atoms with Crippen molar-refractivity contribution in [3.05, 3.63) is 39.7 Å². The van der Waals surface area contributed by atoms with Gasteiger partial charge in [-0.15, -0.1) is 5.10 Å². The summed E-state index contributed by atoms with van der Waals surface area (Å²) in [5, 5.41) is 18.7. The van der Waals surface area contributed by atoms with Gasteiger partial charge in [-0.25, -0.2) is 13.5 Å². The van der Waals surface area contributed by atoms with E-state index in [0.29, 0.717) is 61.7 Å². The number of benzene rings is 1. The Morgan fingerprint density at radius 1 is 1.29 bits per heavy atom. The average Bonchev–Trinajstić information content (AvgIpc) is 3.47. The van der Waals surface area contributed by atoms with Crippen LogP contribution >= 0.6 is 11.6 Å². The molecule has 1 aromatic heterocycles. The van der Waals surface area contributed by atoms with Crippen LogP contribution < -0.4 is 4.74 Å². The number of nitrogens with zero attached hydrogens (tertiary/aromatic N) is 5. The van der Waals surface area contributed by atoms with Crippen LogP contribution in [-0.2, 0) is 29.7 Å². The molecule has 2 amide bonds. The molecule has 0 unspecified atom stereocenters. The van der Waals surface area contributed by atoms with Crippen LogP contribution in [0.5, 0.6) is 5.75 Å². The number of halogens is 3. The maximum Gasteiger partial charge on any atom is 0.282 e. The number of amides is 2. The summed E-state index contributed by atoms with van der Waals surface area (Å²) >= 11 is 6.69. The van der Waals surface area contributed by atoms with E-state index < -0.39 is 18.6 Å². The number of ether oxygens (including phenoxy) is 1. The van der Waals surface area contributed by atoms with E-state index in [2.05, 4.69) is 10.3 Å². The van der Waals surface area contributed by atoms with E-state index in [1.807, 2.05) is 16.7 Å². The second kappa shape index (κ2) is 10.8. The number of rotatable bonds is 7. The minimum Gasteiger partial charge on any atom is -0.487 e. The molecule has 1 saturated heterocycles. The van der Waals surface area contributed by atoms with Crippen LogP contribution in [0.3, 0.4) is 0 Å². The zero-order valence-corrected chi connectivity index (χ0v) is 24.1. The van der Waals surface area contributed by atoms with Gasteiger partial charge in [-0.2, -0.15) is 0 Å². The fourth-order valence-corrected chi connectivity index (χ4v) is 7.31. The van der Waals surface area contributed by atoms with Crippen molar-refractivity contribution < 1.29 is 28.2 Å². The van der Waals surface area contributed by atoms with Gasteiger partial charge in [-0.05, 0) is 61.1 Å². The highest BCUT2D eigenvalue weighted by molar-refractivity contribution is 6.31. The van der Waals surface area contributed by atoms with Crippen LogP contribution in [0.25, 0.3) is 0 Å². The number of aryl methyl sites for hydroxylation is 1. The Kier molecular flexibility index (Phi) is 7.46. The molecule has 12 heteroatoms. The standard InChI is InChI=1S/C29H36ClF2N5O4/c1-16-17(4-3-5-22(16)38)28(40)37-11-8-18-19(30)6-7-23(41-14-20-26(27(31)32)35(2)34-33-20)25(18)21(37)13-36-15-29(9-10-29)12-24(36)39/h6-7,16-17,21-22,27,38H,3-5,8-15H2,1-2H3/t16-,17-,21-,22-/m1/s1. The first-order valence-electron chi connectivity index (χ1n) is 14.5.